The van der Waals surface area contributed by atoms with Crippen LogP contribution >= 0.6 is 11.8 Å². The number of hydrogen-bond donors (Lipinski definition) is 2. The van der Waals surface area contributed by atoms with E-state index in [0.717, 1.165) is 5.75 Å². The van der Waals surface area contributed by atoms with Crippen molar-refractivity contribution in [1.82, 2.24) is 5.32 Å². The minimum atomic E-state index is -0.707. The molecule has 0 aliphatic rings. The first-order valence-corrected chi connectivity index (χ1v) is 8.61. The Morgan fingerprint density at radius 3 is 2.79 bits per heavy atom. The number of benzene rings is 1. The number of amides is 2. The topological polar surface area (TPSA) is 97.6 Å². The molecule has 0 saturated carbocycles. The molecule has 0 aliphatic heterocycles. The van der Waals surface area contributed by atoms with Gasteiger partial charge in [-0.3, -0.25) is 0 Å². The molecule has 128 valence electrons. The van der Waals surface area contributed by atoms with Gasteiger partial charge in [-0.2, -0.15) is 11.8 Å². The van der Waals surface area contributed by atoms with Gasteiger partial charge in [-0.1, -0.05) is 0 Å². The van der Waals surface area contributed by atoms with Crippen LogP contribution in [0.4, 0.5) is 10.5 Å². The van der Waals surface area contributed by atoms with Gasteiger partial charge in [-0.25, -0.2) is 14.4 Å². The molecule has 0 spiro atoms. The molecule has 0 bridgehead atoms. The van der Waals surface area contributed by atoms with E-state index in [0.29, 0.717) is 23.1 Å². The van der Waals surface area contributed by atoms with Crippen LogP contribution in [0.15, 0.2) is 39.5 Å². The van der Waals surface area contributed by atoms with Gasteiger partial charge in [-0.15, -0.1) is 0 Å². The summed E-state index contributed by atoms with van der Waals surface area (Å²) in [7, 11) is 1.28. The molecule has 7 nitrogen and oxygen atoms in total. The van der Waals surface area contributed by atoms with Crippen LogP contribution in [0.5, 0.6) is 0 Å². The van der Waals surface area contributed by atoms with Gasteiger partial charge in [0.25, 0.3) is 0 Å². The van der Waals surface area contributed by atoms with Gasteiger partial charge in [0.05, 0.1) is 7.11 Å². The first-order chi connectivity index (χ1) is 11.5. The molecule has 2 amide bonds. The fourth-order valence-electron chi connectivity index (χ4n) is 2.10. The average Bonchev–Trinajstić information content (AvgIpc) is 2.58. The Labute approximate surface area is 142 Å². The number of carbonyl (C=O) groups is 2. The van der Waals surface area contributed by atoms with Crippen LogP contribution in [-0.2, 0) is 9.53 Å². The minimum Gasteiger partial charge on any atom is -0.467 e. The van der Waals surface area contributed by atoms with Crippen molar-refractivity contribution in [3.8, 4) is 0 Å². The SMILES string of the molecule is COC(=O)[C@H](CCSC)NC(=O)Nc1ccc2oc(=O)ccc2c1. The van der Waals surface area contributed by atoms with E-state index in [4.69, 9.17) is 9.15 Å². The molecule has 0 aliphatic carbocycles. The van der Waals surface area contributed by atoms with Crippen LogP contribution in [0, 0.1) is 0 Å². The van der Waals surface area contributed by atoms with Gasteiger partial charge in [0.2, 0.25) is 0 Å². The summed E-state index contributed by atoms with van der Waals surface area (Å²) in [6.07, 6.45) is 2.39. The zero-order valence-electron chi connectivity index (χ0n) is 13.3. The van der Waals surface area contributed by atoms with Crippen LogP contribution < -0.4 is 16.3 Å². The molecule has 8 heteroatoms. The lowest BCUT2D eigenvalue weighted by Crippen LogP contribution is -2.44. The molecular formula is C16H18N2O5S. The maximum Gasteiger partial charge on any atom is 0.336 e. The number of urea groups is 1. The number of rotatable bonds is 6. The summed E-state index contributed by atoms with van der Waals surface area (Å²) in [6, 6.07) is 6.58. The Morgan fingerprint density at radius 1 is 1.29 bits per heavy atom. The summed E-state index contributed by atoms with van der Waals surface area (Å²) in [5, 5.41) is 5.93. The fraction of sp³-hybridized carbons (Fsp3) is 0.312. The van der Waals surface area contributed by atoms with Crippen molar-refractivity contribution in [3.05, 3.63) is 40.8 Å². The van der Waals surface area contributed by atoms with Gasteiger partial charge in [0.15, 0.2) is 0 Å². The highest BCUT2D eigenvalue weighted by Gasteiger charge is 2.21. The summed E-state index contributed by atoms with van der Waals surface area (Å²) in [5.41, 5.74) is 0.513. The maximum atomic E-state index is 12.1. The lowest BCUT2D eigenvalue weighted by molar-refractivity contribution is -0.142. The smallest absolute Gasteiger partial charge is 0.336 e. The van der Waals surface area contributed by atoms with Crippen molar-refractivity contribution in [2.24, 2.45) is 0 Å². The zero-order valence-corrected chi connectivity index (χ0v) is 14.1. The van der Waals surface area contributed by atoms with E-state index in [-0.39, 0.29) is 0 Å². The number of methoxy groups -OCH3 is 1. The first kappa shape index (κ1) is 17.9. The van der Waals surface area contributed by atoms with Gasteiger partial charge in [-0.05, 0) is 42.7 Å². The Bertz CT molecular complexity index is 789. The highest BCUT2D eigenvalue weighted by Crippen LogP contribution is 2.17. The molecule has 2 rings (SSSR count). The normalized spacial score (nSPS) is 11.8. The van der Waals surface area contributed by atoms with E-state index in [1.165, 1.54) is 13.2 Å². The number of anilines is 1. The van der Waals surface area contributed by atoms with Crippen LogP contribution in [0.1, 0.15) is 6.42 Å². The highest BCUT2D eigenvalue weighted by atomic mass is 32.2. The third-order valence-corrected chi connectivity index (χ3v) is 3.92. The maximum absolute atomic E-state index is 12.1. The molecule has 24 heavy (non-hydrogen) atoms. The lowest BCUT2D eigenvalue weighted by atomic mass is 10.2. The third-order valence-electron chi connectivity index (χ3n) is 3.28. The number of carbonyl (C=O) groups excluding carboxylic acids is 2. The van der Waals surface area contributed by atoms with Crippen LogP contribution in [0.25, 0.3) is 11.0 Å². The van der Waals surface area contributed by atoms with Gasteiger partial charge in [0, 0.05) is 17.1 Å². The average molecular weight is 350 g/mol. The second-order valence-electron chi connectivity index (χ2n) is 4.96. The Morgan fingerprint density at radius 2 is 2.08 bits per heavy atom. The molecular weight excluding hydrogens is 332 g/mol. The van der Waals surface area contributed by atoms with E-state index in [9.17, 15) is 14.4 Å². The molecule has 0 fully saturated rings. The fourth-order valence-corrected chi connectivity index (χ4v) is 2.57. The predicted octanol–water partition coefficient (Wildman–Crippen LogP) is 2.21. The molecule has 0 saturated heterocycles. The van der Waals surface area contributed by atoms with E-state index < -0.39 is 23.7 Å². The largest absolute Gasteiger partial charge is 0.467 e. The molecule has 0 radical (unpaired) electrons. The Hall–Kier alpha value is -2.48. The molecule has 1 atom stereocenters. The van der Waals surface area contributed by atoms with Crippen LogP contribution in [-0.4, -0.2) is 37.2 Å². The molecule has 0 unspecified atom stereocenters. The molecule has 1 aromatic carbocycles. The summed E-state index contributed by atoms with van der Waals surface area (Å²) in [5.74, 6) is 0.231. The lowest BCUT2D eigenvalue weighted by Gasteiger charge is -2.16. The van der Waals surface area contributed by atoms with E-state index >= 15 is 0 Å². The highest BCUT2D eigenvalue weighted by molar-refractivity contribution is 7.98. The van der Waals surface area contributed by atoms with Crippen LogP contribution in [0.3, 0.4) is 0 Å². The Kier molecular flexibility index (Phi) is 6.25. The van der Waals surface area contributed by atoms with Crippen molar-refractivity contribution >= 4 is 40.4 Å². The van der Waals surface area contributed by atoms with Gasteiger partial charge in [0.1, 0.15) is 11.6 Å². The minimum absolute atomic E-state index is 0.431. The number of esters is 1. The van der Waals surface area contributed by atoms with Crippen molar-refractivity contribution in [2.45, 2.75) is 12.5 Å². The molecule has 1 aromatic heterocycles. The summed E-state index contributed by atoms with van der Waals surface area (Å²) in [6.45, 7) is 0. The van der Waals surface area contributed by atoms with Gasteiger partial charge >= 0.3 is 17.6 Å². The van der Waals surface area contributed by atoms with Crippen molar-refractivity contribution in [2.75, 3.05) is 24.4 Å². The van der Waals surface area contributed by atoms with E-state index in [1.807, 2.05) is 6.26 Å². The second-order valence-corrected chi connectivity index (χ2v) is 5.95. The van der Waals surface area contributed by atoms with Gasteiger partial charge < -0.3 is 19.8 Å². The quantitative estimate of drug-likeness (QED) is 0.612. The van der Waals surface area contributed by atoms with Crippen molar-refractivity contribution < 1.29 is 18.7 Å². The van der Waals surface area contributed by atoms with E-state index in [2.05, 4.69) is 10.6 Å². The molecule has 1 heterocycles. The second kappa shape index (κ2) is 8.39. The first-order valence-electron chi connectivity index (χ1n) is 7.21. The predicted molar refractivity (Wildman–Crippen MR) is 93.4 cm³/mol. The van der Waals surface area contributed by atoms with Crippen molar-refractivity contribution in [1.29, 1.82) is 0 Å². The molecule has 2 aromatic rings. The van der Waals surface area contributed by atoms with Crippen molar-refractivity contribution in [3.63, 3.8) is 0 Å². The number of fused-ring (bicyclic) bond motifs is 1. The summed E-state index contributed by atoms with van der Waals surface area (Å²) < 4.78 is 9.73. The number of ether oxygens (including phenoxy) is 1. The summed E-state index contributed by atoms with van der Waals surface area (Å²) >= 11 is 1.58. The third kappa shape index (κ3) is 4.76. The Balaban J connectivity index is 2.06. The molecule has 2 N–H and O–H groups in total. The standard InChI is InChI=1S/C16H18N2O5S/c1-22-15(20)12(7-8-24-2)18-16(21)17-11-4-5-13-10(9-11)3-6-14(19)23-13/h3-6,9,12H,7-8H2,1-2H3,(H2,17,18,21)/t12-/m0/s1. The number of thioether (sulfide) groups is 1. The number of nitrogens with one attached hydrogen (secondary N) is 2. The number of hydrogen-bond acceptors (Lipinski definition) is 6. The van der Waals surface area contributed by atoms with Crippen LogP contribution in [0.2, 0.25) is 0 Å². The van der Waals surface area contributed by atoms with E-state index in [1.54, 1.807) is 36.0 Å². The monoisotopic (exact) mass is 350 g/mol. The zero-order chi connectivity index (χ0) is 17.5. The summed E-state index contributed by atoms with van der Waals surface area (Å²) in [4.78, 5) is 34.9.